The van der Waals surface area contributed by atoms with E-state index in [1.54, 1.807) is 4.90 Å². The number of carbonyl (C=O) groups excluding carboxylic acids is 2. The highest BCUT2D eigenvalue weighted by Gasteiger charge is 2.50. The summed E-state index contributed by atoms with van der Waals surface area (Å²) in [7, 11) is 0. The van der Waals surface area contributed by atoms with Gasteiger partial charge in [-0.2, -0.15) is 0 Å². The van der Waals surface area contributed by atoms with E-state index >= 15 is 0 Å². The summed E-state index contributed by atoms with van der Waals surface area (Å²) in [6.07, 6.45) is 5.04. The molecular weight excluding hydrogens is 180 g/mol. The van der Waals surface area contributed by atoms with E-state index in [1.807, 2.05) is 0 Å². The molecule has 2 saturated heterocycles. The Balaban J connectivity index is 1.86. The van der Waals surface area contributed by atoms with E-state index in [1.165, 1.54) is 4.90 Å². The molecule has 1 aliphatic carbocycles. The van der Waals surface area contributed by atoms with Crippen molar-refractivity contribution in [2.75, 3.05) is 6.54 Å². The standard InChI is InChI=1S/C10H14N2O2/c13-9-8-5-2-6-11(8)10(14)12(9)7-3-1-4-7/h7-8H,1-6H2. The molecule has 3 rings (SSSR count). The van der Waals surface area contributed by atoms with E-state index in [0.717, 1.165) is 38.6 Å². The molecule has 3 fully saturated rings. The fourth-order valence-electron chi connectivity index (χ4n) is 2.63. The van der Waals surface area contributed by atoms with Crippen LogP contribution in [0.15, 0.2) is 0 Å². The second kappa shape index (κ2) is 2.72. The van der Waals surface area contributed by atoms with Crippen molar-refractivity contribution in [3.8, 4) is 0 Å². The quantitative estimate of drug-likeness (QED) is 0.583. The van der Waals surface area contributed by atoms with Gasteiger partial charge < -0.3 is 4.90 Å². The Hall–Kier alpha value is -1.06. The van der Waals surface area contributed by atoms with Gasteiger partial charge in [-0.05, 0) is 32.1 Å². The van der Waals surface area contributed by atoms with Crippen LogP contribution in [0.4, 0.5) is 4.79 Å². The first-order valence-electron chi connectivity index (χ1n) is 5.43. The molecule has 3 aliphatic rings. The molecule has 1 unspecified atom stereocenters. The number of nitrogens with zero attached hydrogens (tertiary/aromatic N) is 2. The third-order valence-electron chi connectivity index (χ3n) is 3.67. The average Bonchev–Trinajstić information content (AvgIpc) is 2.62. The maximum Gasteiger partial charge on any atom is 0.327 e. The van der Waals surface area contributed by atoms with E-state index in [0.29, 0.717) is 0 Å². The molecule has 1 saturated carbocycles. The van der Waals surface area contributed by atoms with Crippen LogP contribution < -0.4 is 0 Å². The molecule has 76 valence electrons. The summed E-state index contributed by atoms with van der Waals surface area (Å²) in [6, 6.07) is 0.0888. The van der Waals surface area contributed by atoms with Gasteiger partial charge in [0.2, 0.25) is 0 Å². The van der Waals surface area contributed by atoms with E-state index in [4.69, 9.17) is 0 Å². The number of imide groups is 1. The number of fused-ring (bicyclic) bond motifs is 1. The highest BCUT2D eigenvalue weighted by molar-refractivity contribution is 6.05. The normalized spacial score (nSPS) is 32.4. The van der Waals surface area contributed by atoms with Crippen LogP contribution >= 0.6 is 0 Å². The largest absolute Gasteiger partial charge is 0.327 e. The summed E-state index contributed by atoms with van der Waals surface area (Å²) in [4.78, 5) is 27.0. The molecule has 0 aromatic rings. The van der Waals surface area contributed by atoms with Crippen LogP contribution in [-0.4, -0.2) is 40.4 Å². The molecule has 1 atom stereocenters. The maximum atomic E-state index is 11.9. The zero-order valence-corrected chi connectivity index (χ0v) is 8.11. The van der Waals surface area contributed by atoms with Gasteiger partial charge in [0.05, 0.1) is 0 Å². The van der Waals surface area contributed by atoms with Crippen molar-refractivity contribution < 1.29 is 9.59 Å². The van der Waals surface area contributed by atoms with Gasteiger partial charge in [-0.3, -0.25) is 9.69 Å². The Bertz CT molecular complexity index is 276. The monoisotopic (exact) mass is 194 g/mol. The summed E-state index contributed by atoms with van der Waals surface area (Å²) in [5, 5.41) is 0. The third kappa shape index (κ3) is 0.885. The number of hydrogen-bond donors (Lipinski definition) is 0. The van der Waals surface area contributed by atoms with Crippen molar-refractivity contribution in [1.29, 1.82) is 0 Å². The first kappa shape index (κ1) is 8.26. The molecule has 0 aromatic heterocycles. The second-order valence-corrected chi connectivity index (χ2v) is 4.43. The molecule has 4 nitrogen and oxygen atoms in total. The fourth-order valence-corrected chi connectivity index (χ4v) is 2.63. The summed E-state index contributed by atoms with van der Waals surface area (Å²) in [5.41, 5.74) is 0. The lowest BCUT2D eigenvalue weighted by Gasteiger charge is -2.32. The van der Waals surface area contributed by atoms with Crippen LogP contribution in [0.5, 0.6) is 0 Å². The summed E-state index contributed by atoms with van der Waals surface area (Å²) in [5.74, 6) is 0.0669. The van der Waals surface area contributed by atoms with Gasteiger partial charge in [-0.15, -0.1) is 0 Å². The summed E-state index contributed by atoms with van der Waals surface area (Å²) in [6.45, 7) is 0.776. The zero-order chi connectivity index (χ0) is 9.71. The molecular formula is C10H14N2O2. The number of rotatable bonds is 1. The van der Waals surface area contributed by atoms with E-state index in [9.17, 15) is 9.59 Å². The summed E-state index contributed by atoms with van der Waals surface area (Å²) < 4.78 is 0. The maximum absolute atomic E-state index is 11.9. The van der Waals surface area contributed by atoms with Crippen LogP contribution in [0.2, 0.25) is 0 Å². The SMILES string of the molecule is O=C1C2CCCN2C(=O)N1C1CCC1. The minimum atomic E-state index is -0.108. The Labute approximate surface area is 82.8 Å². The predicted octanol–water partition coefficient (Wildman–Crippen LogP) is 0.966. The van der Waals surface area contributed by atoms with Crippen molar-refractivity contribution in [3.05, 3.63) is 0 Å². The van der Waals surface area contributed by atoms with Crippen LogP contribution in [0, 0.1) is 0 Å². The molecule has 0 bridgehead atoms. The Morgan fingerprint density at radius 1 is 1.07 bits per heavy atom. The van der Waals surface area contributed by atoms with Crippen molar-refractivity contribution in [2.45, 2.75) is 44.2 Å². The zero-order valence-electron chi connectivity index (χ0n) is 8.11. The molecule has 0 aromatic carbocycles. The van der Waals surface area contributed by atoms with Crippen LogP contribution in [0.1, 0.15) is 32.1 Å². The van der Waals surface area contributed by atoms with E-state index < -0.39 is 0 Å². The van der Waals surface area contributed by atoms with Crippen LogP contribution in [0.3, 0.4) is 0 Å². The number of hydrogen-bond acceptors (Lipinski definition) is 2. The molecule has 0 radical (unpaired) electrons. The number of urea groups is 1. The van der Waals surface area contributed by atoms with Gasteiger partial charge in [-0.1, -0.05) is 0 Å². The molecule has 2 aliphatic heterocycles. The molecule has 0 N–H and O–H groups in total. The summed E-state index contributed by atoms with van der Waals surface area (Å²) >= 11 is 0. The lowest BCUT2D eigenvalue weighted by Crippen LogP contribution is -2.45. The number of carbonyl (C=O) groups is 2. The van der Waals surface area contributed by atoms with Crippen molar-refractivity contribution in [1.82, 2.24) is 9.80 Å². The van der Waals surface area contributed by atoms with E-state index in [-0.39, 0.29) is 24.0 Å². The molecule has 14 heavy (non-hydrogen) atoms. The minimum absolute atomic E-state index is 0.0257. The van der Waals surface area contributed by atoms with Crippen molar-refractivity contribution in [2.24, 2.45) is 0 Å². The molecule has 2 heterocycles. The first-order valence-corrected chi connectivity index (χ1v) is 5.43. The Kier molecular flexibility index (Phi) is 1.60. The topological polar surface area (TPSA) is 40.6 Å². The molecule has 3 amide bonds. The highest BCUT2D eigenvalue weighted by Crippen LogP contribution is 2.34. The average molecular weight is 194 g/mol. The van der Waals surface area contributed by atoms with Gasteiger partial charge in [0, 0.05) is 12.6 Å². The van der Waals surface area contributed by atoms with Gasteiger partial charge in [0.25, 0.3) is 5.91 Å². The smallest absolute Gasteiger partial charge is 0.312 e. The molecule has 4 heteroatoms. The second-order valence-electron chi connectivity index (χ2n) is 4.43. The van der Waals surface area contributed by atoms with Gasteiger partial charge in [-0.25, -0.2) is 4.79 Å². The highest BCUT2D eigenvalue weighted by atomic mass is 16.2. The van der Waals surface area contributed by atoms with Crippen LogP contribution in [-0.2, 0) is 4.79 Å². The van der Waals surface area contributed by atoms with E-state index in [2.05, 4.69) is 0 Å². The lowest BCUT2D eigenvalue weighted by atomic mass is 9.91. The minimum Gasteiger partial charge on any atom is -0.312 e. The van der Waals surface area contributed by atoms with Crippen LogP contribution in [0.25, 0.3) is 0 Å². The van der Waals surface area contributed by atoms with Gasteiger partial charge in [0.1, 0.15) is 6.04 Å². The van der Waals surface area contributed by atoms with Gasteiger partial charge >= 0.3 is 6.03 Å². The fraction of sp³-hybridized carbons (Fsp3) is 0.800. The Morgan fingerprint density at radius 2 is 1.86 bits per heavy atom. The van der Waals surface area contributed by atoms with Crippen molar-refractivity contribution in [3.63, 3.8) is 0 Å². The number of amides is 3. The predicted molar refractivity (Wildman–Crippen MR) is 49.6 cm³/mol. The van der Waals surface area contributed by atoms with Crippen molar-refractivity contribution >= 4 is 11.9 Å². The first-order chi connectivity index (χ1) is 6.79. The van der Waals surface area contributed by atoms with Gasteiger partial charge in [0.15, 0.2) is 0 Å². The lowest BCUT2D eigenvalue weighted by molar-refractivity contribution is -0.130. The Morgan fingerprint density at radius 3 is 2.43 bits per heavy atom. The third-order valence-corrected chi connectivity index (χ3v) is 3.67. The molecule has 0 spiro atoms.